The van der Waals surface area contributed by atoms with Gasteiger partial charge in [-0.2, -0.15) is 0 Å². The first-order valence-corrected chi connectivity index (χ1v) is 5.17. The summed E-state index contributed by atoms with van der Waals surface area (Å²) in [6, 6.07) is 0. The van der Waals surface area contributed by atoms with E-state index in [1.807, 2.05) is 6.92 Å². The molecule has 1 aromatic rings. The number of H-pyrrole nitrogens is 1. The van der Waals surface area contributed by atoms with Crippen molar-refractivity contribution in [2.75, 3.05) is 0 Å². The summed E-state index contributed by atoms with van der Waals surface area (Å²) in [5.41, 5.74) is 1.27. The third-order valence-electron chi connectivity index (χ3n) is 2.36. The highest BCUT2D eigenvalue weighted by Crippen LogP contribution is 2.22. The second-order valence-electron chi connectivity index (χ2n) is 4.17. The lowest BCUT2D eigenvalue weighted by molar-refractivity contribution is 0.320. The van der Waals surface area contributed by atoms with Gasteiger partial charge in [0, 0.05) is 17.4 Å². The minimum atomic E-state index is 0.136. The Balaban J connectivity index is 3.06. The molecule has 13 heavy (non-hydrogen) atoms. The van der Waals surface area contributed by atoms with E-state index in [0.717, 1.165) is 16.9 Å². The van der Waals surface area contributed by atoms with E-state index in [9.17, 15) is 0 Å². The molecule has 3 heteroatoms. The Morgan fingerprint density at radius 2 is 2.15 bits per heavy atom. The smallest absolute Gasteiger partial charge is 0.177 e. The molecule has 1 heterocycles. The van der Waals surface area contributed by atoms with Crippen molar-refractivity contribution in [3.05, 3.63) is 16.7 Å². The molecule has 0 atom stereocenters. The Morgan fingerprint density at radius 3 is 2.54 bits per heavy atom. The number of rotatable bonds is 3. The SMILES string of the molecule is CCCC(C)(C)n1cc(C)[nH]c1=S. The van der Waals surface area contributed by atoms with Gasteiger partial charge in [0.1, 0.15) is 0 Å². The fraction of sp³-hybridized carbons (Fsp3) is 0.700. The van der Waals surface area contributed by atoms with Gasteiger partial charge >= 0.3 is 0 Å². The molecule has 2 nitrogen and oxygen atoms in total. The molecule has 74 valence electrons. The molecule has 0 amide bonds. The van der Waals surface area contributed by atoms with E-state index in [-0.39, 0.29) is 5.54 Å². The Morgan fingerprint density at radius 1 is 1.54 bits per heavy atom. The van der Waals surface area contributed by atoms with Crippen LogP contribution in [0.25, 0.3) is 0 Å². The minimum absolute atomic E-state index is 0.136. The lowest BCUT2D eigenvalue weighted by Gasteiger charge is -2.25. The van der Waals surface area contributed by atoms with E-state index < -0.39 is 0 Å². The average Bonchev–Trinajstić information content (AvgIpc) is 2.30. The van der Waals surface area contributed by atoms with Crippen LogP contribution in [-0.2, 0) is 5.54 Å². The van der Waals surface area contributed by atoms with Crippen LogP contribution in [0.1, 0.15) is 39.3 Å². The van der Waals surface area contributed by atoms with Gasteiger partial charge in [0.25, 0.3) is 0 Å². The maximum atomic E-state index is 5.24. The summed E-state index contributed by atoms with van der Waals surface area (Å²) in [6.07, 6.45) is 4.43. The first-order chi connectivity index (χ1) is 5.97. The van der Waals surface area contributed by atoms with Crippen molar-refractivity contribution < 1.29 is 0 Å². The predicted octanol–water partition coefficient (Wildman–Crippen LogP) is 3.39. The van der Waals surface area contributed by atoms with Crippen molar-refractivity contribution in [3.63, 3.8) is 0 Å². The maximum absolute atomic E-state index is 5.24. The van der Waals surface area contributed by atoms with Gasteiger partial charge in [-0.3, -0.25) is 0 Å². The van der Waals surface area contributed by atoms with Crippen molar-refractivity contribution in [3.8, 4) is 0 Å². The summed E-state index contributed by atoms with van der Waals surface area (Å²) in [4.78, 5) is 3.15. The highest BCUT2D eigenvalue weighted by Gasteiger charge is 2.19. The van der Waals surface area contributed by atoms with Crippen LogP contribution >= 0.6 is 12.2 Å². The van der Waals surface area contributed by atoms with Gasteiger partial charge in [0.05, 0.1) is 0 Å². The second-order valence-corrected chi connectivity index (χ2v) is 4.56. The molecule has 0 aromatic carbocycles. The number of aromatic nitrogens is 2. The molecule has 1 aromatic heterocycles. The Kier molecular flexibility index (Phi) is 2.96. The standard InChI is InChI=1S/C10H18N2S/c1-5-6-10(3,4)12-7-8(2)11-9(12)13/h7H,5-6H2,1-4H3,(H,11,13). The van der Waals surface area contributed by atoms with E-state index in [2.05, 4.69) is 36.5 Å². The molecule has 0 bridgehead atoms. The van der Waals surface area contributed by atoms with Gasteiger partial charge in [-0.15, -0.1) is 0 Å². The van der Waals surface area contributed by atoms with Crippen molar-refractivity contribution in [1.82, 2.24) is 9.55 Å². The number of nitrogens with zero attached hydrogens (tertiary/aromatic N) is 1. The second kappa shape index (κ2) is 3.66. The molecule has 0 radical (unpaired) electrons. The Hall–Kier alpha value is -0.570. The molecular weight excluding hydrogens is 180 g/mol. The molecule has 0 spiro atoms. The van der Waals surface area contributed by atoms with Gasteiger partial charge < -0.3 is 9.55 Å². The van der Waals surface area contributed by atoms with Crippen LogP contribution in [-0.4, -0.2) is 9.55 Å². The zero-order chi connectivity index (χ0) is 10.1. The maximum Gasteiger partial charge on any atom is 0.177 e. The highest BCUT2D eigenvalue weighted by atomic mass is 32.1. The lowest BCUT2D eigenvalue weighted by atomic mass is 9.99. The number of hydrogen-bond acceptors (Lipinski definition) is 1. The number of hydrogen-bond donors (Lipinski definition) is 1. The van der Waals surface area contributed by atoms with E-state index in [0.29, 0.717) is 0 Å². The lowest BCUT2D eigenvalue weighted by Crippen LogP contribution is -2.25. The van der Waals surface area contributed by atoms with E-state index in [4.69, 9.17) is 12.2 Å². The summed E-state index contributed by atoms with van der Waals surface area (Å²) in [6.45, 7) is 8.68. The van der Waals surface area contributed by atoms with Gasteiger partial charge in [-0.25, -0.2) is 0 Å². The van der Waals surface area contributed by atoms with Crippen LogP contribution in [0.15, 0.2) is 6.20 Å². The van der Waals surface area contributed by atoms with Crippen LogP contribution in [0, 0.1) is 11.7 Å². The third-order valence-corrected chi connectivity index (χ3v) is 2.66. The van der Waals surface area contributed by atoms with Crippen molar-refractivity contribution in [2.45, 2.75) is 46.1 Å². The predicted molar refractivity (Wildman–Crippen MR) is 58.6 cm³/mol. The molecule has 0 unspecified atom stereocenters. The van der Waals surface area contributed by atoms with Gasteiger partial charge in [-0.05, 0) is 39.4 Å². The van der Waals surface area contributed by atoms with Crippen LogP contribution < -0.4 is 0 Å². The highest BCUT2D eigenvalue weighted by molar-refractivity contribution is 7.71. The summed E-state index contributed by atoms with van der Waals surface area (Å²) >= 11 is 5.24. The fourth-order valence-electron chi connectivity index (χ4n) is 1.70. The summed E-state index contributed by atoms with van der Waals surface area (Å²) < 4.78 is 2.98. The molecular formula is C10H18N2S. The van der Waals surface area contributed by atoms with E-state index >= 15 is 0 Å². The molecule has 0 aliphatic heterocycles. The van der Waals surface area contributed by atoms with Gasteiger partial charge in [-0.1, -0.05) is 13.3 Å². The number of aromatic amines is 1. The molecule has 0 aliphatic carbocycles. The fourth-order valence-corrected chi connectivity index (χ4v) is 2.16. The first-order valence-electron chi connectivity index (χ1n) is 4.76. The van der Waals surface area contributed by atoms with Crippen LogP contribution in [0.5, 0.6) is 0 Å². The number of nitrogens with one attached hydrogen (secondary N) is 1. The summed E-state index contributed by atoms with van der Waals surface area (Å²) in [5, 5.41) is 0. The molecule has 0 saturated heterocycles. The molecule has 1 N–H and O–H groups in total. The quantitative estimate of drug-likeness (QED) is 0.738. The van der Waals surface area contributed by atoms with Crippen molar-refractivity contribution in [2.24, 2.45) is 0 Å². The molecule has 0 fully saturated rings. The minimum Gasteiger partial charge on any atom is -0.335 e. The van der Waals surface area contributed by atoms with Crippen molar-refractivity contribution in [1.29, 1.82) is 0 Å². The third kappa shape index (κ3) is 2.21. The normalized spacial score (nSPS) is 12.0. The topological polar surface area (TPSA) is 20.7 Å². The van der Waals surface area contributed by atoms with E-state index in [1.165, 1.54) is 6.42 Å². The first kappa shape index (κ1) is 10.5. The average molecular weight is 198 g/mol. The van der Waals surface area contributed by atoms with Crippen LogP contribution in [0.3, 0.4) is 0 Å². The summed E-state index contributed by atoms with van der Waals surface area (Å²) in [7, 11) is 0. The number of aryl methyl sites for hydroxylation is 1. The van der Waals surface area contributed by atoms with Gasteiger partial charge in [0.15, 0.2) is 4.77 Å². The molecule has 0 aliphatic rings. The Labute approximate surface area is 85.0 Å². The monoisotopic (exact) mass is 198 g/mol. The molecule has 1 rings (SSSR count). The molecule has 0 saturated carbocycles. The largest absolute Gasteiger partial charge is 0.335 e. The summed E-state index contributed by atoms with van der Waals surface area (Å²) in [5.74, 6) is 0. The van der Waals surface area contributed by atoms with Gasteiger partial charge in [0.2, 0.25) is 0 Å². The zero-order valence-electron chi connectivity index (χ0n) is 8.85. The van der Waals surface area contributed by atoms with Crippen LogP contribution in [0.2, 0.25) is 0 Å². The van der Waals surface area contributed by atoms with Crippen LogP contribution in [0.4, 0.5) is 0 Å². The Bertz CT molecular complexity index is 333. The van der Waals surface area contributed by atoms with Crippen molar-refractivity contribution >= 4 is 12.2 Å². The number of imidazole rings is 1. The van der Waals surface area contributed by atoms with E-state index in [1.54, 1.807) is 0 Å². The zero-order valence-corrected chi connectivity index (χ0v) is 9.66.